The first-order valence-corrected chi connectivity index (χ1v) is 28.5. The zero-order valence-electron chi connectivity index (χ0n) is 41.8. The van der Waals surface area contributed by atoms with Crippen LogP contribution in [0.2, 0.25) is 0 Å². The number of unbranched alkanes of at least 4 members (excludes halogenated alkanes) is 30. The van der Waals surface area contributed by atoms with E-state index in [4.69, 9.17) is 18.9 Å². The number of ether oxygens (including phenoxy) is 4. The van der Waals surface area contributed by atoms with Gasteiger partial charge in [-0.05, 0) is 38.5 Å². The summed E-state index contributed by atoms with van der Waals surface area (Å²) in [5.74, 6) is -2.03. The van der Waals surface area contributed by atoms with Gasteiger partial charge in [-0.25, -0.2) is 0 Å². The lowest BCUT2D eigenvalue weighted by Crippen LogP contribution is -2.60. The van der Waals surface area contributed by atoms with Gasteiger partial charge in [0.1, 0.15) is 36.8 Å². The zero-order chi connectivity index (χ0) is 48.4. The fourth-order valence-corrected chi connectivity index (χ4v) is 9.06. The Morgan fingerprint density at radius 3 is 1.38 bits per heavy atom. The van der Waals surface area contributed by atoms with E-state index in [1.807, 2.05) is 6.08 Å². The van der Waals surface area contributed by atoms with Crippen molar-refractivity contribution in [2.45, 2.75) is 282 Å². The third kappa shape index (κ3) is 37.1. The van der Waals surface area contributed by atoms with Gasteiger partial charge in [-0.1, -0.05) is 218 Å². The largest absolute Gasteiger partial charge is 0.462 e. The molecule has 0 spiro atoms. The van der Waals surface area contributed by atoms with Crippen molar-refractivity contribution in [1.29, 1.82) is 0 Å². The van der Waals surface area contributed by atoms with E-state index in [-0.39, 0.29) is 19.4 Å². The Labute approximate surface area is 402 Å². The van der Waals surface area contributed by atoms with Crippen LogP contribution in [-0.2, 0) is 38.7 Å². The molecule has 0 radical (unpaired) electrons. The van der Waals surface area contributed by atoms with E-state index in [1.165, 1.54) is 167 Å². The van der Waals surface area contributed by atoms with Crippen molar-refractivity contribution in [3.8, 4) is 0 Å². The average Bonchev–Trinajstić information content (AvgIpc) is 3.28. The third-order valence-electron chi connectivity index (χ3n) is 12.5. The quantitative estimate of drug-likeness (QED) is 0.0196. The third-order valence-corrected chi connectivity index (χ3v) is 13.3. The monoisotopic (exact) mass is 959 g/mol. The Hall–Kier alpha value is -1.87. The molecule has 1 fully saturated rings. The first kappa shape index (κ1) is 62.1. The molecular formula is C53H98O12S. The van der Waals surface area contributed by atoms with Crippen molar-refractivity contribution in [3.05, 3.63) is 24.3 Å². The van der Waals surface area contributed by atoms with Crippen molar-refractivity contribution < 1.29 is 56.8 Å². The van der Waals surface area contributed by atoms with Crippen LogP contribution >= 0.6 is 0 Å². The van der Waals surface area contributed by atoms with E-state index in [1.54, 1.807) is 0 Å². The highest BCUT2D eigenvalue weighted by atomic mass is 32.2. The number of hydrogen-bond acceptors (Lipinski definition) is 11. The Kier molecular flexibility index (Phi) is 40.7. The summed E-state index contributed by atoms with van der Waals surface area (Å²) in [5, 5.41) is 31.0. The zero-order valence-corrected chi connectivity index (χ0v) is 42.6. The number of carbonyl (C=O) groups excluding carboxylic acids is 2. The molecule has 1 rings (SSSR count). The SMILES string of the molecule is CCCCCCCCCCC/C=C/C/C=C/CCCC(=O)O[C@H](COC(=O)CCCCCCCCCCCCCCCCCCCCCCC)CO[C@H]1O[C@H](CS(=O)(=O)O)[C@@H](O)C(O)C1O. The maximum atomic E-state index is 12.8. The van der Waals surface area contributed by atoms with Gasteiger partial charge in [-0.3, -0.25) is 14.1 Å². The summed E-state index contributed by atoms with van der Waals surface area (Å²) >= 11 is 0. The van der Waals surface area contributed by atoms with Gasteiger partial charge < -0.3 is 34.3 Å². The fraction of sp³-hybridized carbons (Fsp3) is 0.887. The van der Waals surface area contributed by atoms with Crippen LogP contribution in [0, 0.1) is 0 Å². The Balaban J connectivity index is 2.36. The number of allylic oxidation sites excluding steroid dienone is 4. The molecule has 1 heterocycles. The van der Waals surface area contributed by atoms with Gasteiger partial charge in [0.15, 0.2) is 12.4 Å². The summed E-state index contributed by atoms with van der Waals surface area (Å²) in [6.45, 7) is 3.77. The van der Waals surface area contributed by atoms with Crippen LogP contribution in [0.3, 0.4) is 0 Å². The Morgan fingerprint density at radius 2 is 0.924 bits per heavy atom. The molecule has 0 aliphatic carbocycles. The summed E-state index contributed by atoms with van der Waals surface area (Å²) in [4.78, 5) is 25.5. The summed E-state index contributed by atoms with van der Waals surface area (Å²) in [6.07, 6.45) is 40.9. The summed E-state index contributed by atoms with van der Waals surface area (Å²) < 4.78 is 54.2. The highest BCUT2D eigenvalue weighted by Gasteiger charge is 2.46. The van der Waals surface area contributed by atoms with Gasteiger partial charge in [0.2, 0.25) is 0 Å². The van der Waals surface area contributed by atoms with Gasteiger partial charge in [0.25, 0.3) is 10.1 Å². The van der Waals surface area contributed by atoms with E-state index in [9.17, 15) is 37.9 Å². The highest BCUT2D eigenvalue weighted by molar-refractivity contribution is 7.85. The van der Waals surface area contributed by atoms with E-state index in [0.29, 0.717) is 19.3 Å². The molecular weight excluding hydrogens is 861 g/mol. The lowest BCUT2D eigenvalue weighted by Gasteiger charge is -2.40. The minimum Gasteiger partial charge on any atom is -0.462 e. The molecule has 0 aromatic rings. The molecule has 388 valence electrons. The Morgan fingerprint density at radius 1 is 0.515 bits per heavy atom. The van der Waals surface area contributed by atoms with Crippen molar-refractivity contribution in [3.63, 3.8) is 0 Å². The molecule has 1 aliphatic rings. The molecule has 12 nitrogen and oxygen atoms in total. The summed E-state index contributed by atoms with van der Waals surface area (Å²) in [5.41, 5.74) is 0. The lowest BCUT2D eigenvalue weighted by molar-refractivity contribution is -0.297. The lowest BCUT2D eigenvalue weighted by atomic mass is 10.00. The maximum absolute atomic E-state index is 12.8. The topological polar surface area (TPSA) is 186 Å². The minimum atomic E-state index is -4.61. The van der Waals surface area contributed by atoms with Crippen molar-refractivity contribution in [2.24, 2.45) is 0 Å². The van der Waals surface area contributed by atoms with E-state index < -0.39 is 71.2 Å². The molecule has 2 unspecified atom stereocenters. The first-order valence-electron chi connectivity index (χ1n) is 26.9. The van der Waals surface area contributed by atoms with Gasteiger partial charge in [0, 0.05) is 12.8 Å². The predicted octanol–water partition coefficient (Wildman–Crippen LogP) is 12.3. The predicted molar refractivity (Wildman–Crippen MR) is 266 cm³/mol. The van der Waals surface area contributed by atoms with Crippen molar-refractivity contribution in [2.75, 3.05) is 19.0 Å². The van der Waals surface area contributed by atoms with Crippen LogP contribution in [0.15, 0.2) is 24.3 Å². The molecule has 0 bridgehead atoms. The van der Waals surface area contributed by atoms with Gasteiger partial charge in [-0.15, -0.1) is 0 Å². The molecule has 0 saturated carbocycles. The molecule has 0 aromatic carbocycles. The molecule has 4 N–H and O–H groups in total. The number of aliphatic hydroxyl groups excluding tert-OH is 3. The van der Waals surface area contributed by atoms with Gasteiger partial charge >= 0.3 is 11.9 Å². The van der Waals surface area contributed by atoms with Crippen LogP contribution < -0.4 is 0 Å². The van der Waals surface area contributed by atoms with Crippen molar-refractivity contribution >= 4 is 22.1 Å². The molecule has 0 aromatic heterocycles. The Bertz CT molecular complexity index is 1310. The summed E-state index contributed by atoms with van der Waals surface area (Å²) in [6, 6.07) is 0. The van der Waals surface area contributed by atoms with Crippen LogP contribution in [0.1, 0.15) is 245 Å². The minimum absolute atomic E-state index is 0.104. The van der Waals surface area contributed by atoms with Gasteiger partial charge in [0.05, 0.1) is 6.61 Å². The highest BCUT2D eigenvalue weighted by Crippen LogP contribution is 2.24. The smallest absolute Gasteiger partial charge is 0.306 e. The fourth-order valence-electron chi connectivity index (χ4n) is 8.37. The van der Waals surface area contributed by atoms with E-state index in [2.05, 4.69) is 32.1 Å². The van der Waals surface area contributed by atoms with E-state index >= 15 is 0 Å². The number of aliphatic hydroxyl groups is 3. The normalized spacial score (nSPS) is 19.5. The number of carbonyl (C=O) groups is 2. The van der Waals surface area contributed by atoms with Gasteiger partial charge in [-0.2, -0.15) is 8.42 Å². The van der Waals surface area contributed by atoms with Crippen molar-refractivity contribution in [1.82, 2.24) is 0 Å². The maximum Gasteiger partial charge on any atom is 0.306 e. The number of esters is 2. The molecule has 66 heavy (non-hydrogen) atoms. The molecule has 0 amide bonds. The second-order valence-corrected chi connectivity index (χ2v) is 20.4. The second-order valence-electron chi connectivity index (χ2n) is 18.9. The molecule has 6 atom stereocenters. The average molecular weight is 959 g/mol. The molecule has 1 aliphatic heterocycles. The number of rotatable bonds is 46. The standard InChI is InChI=1S/C53H98O12S/c1-3-5-7-9-11-13-15-17-19-21-22-23-24-26-27-29-31-33-35-37-39-41-48(54)62-43-46(44-63-53-52(58)51(57)50(56)47(65-53)45-66(59,60)61)64-49(55)42-40-38-36-34-32-30-28-25-20-18-16-14-12-10-8-6-4-2/h28,30,34,36,46-47,50-53,56-58H,3-27,29,31-33,35,37-45H2,1-2H3,(H,59,60,61)/b30-28+,36-34+/t46-,47-,50-,51?,52?,53+/m1/s1. The van der Waals surface area contributed by atoms with Crippen LogP contribution in [0.4, 0.5) is 0 Å². The summed E-state index contributed by atoms with van der Waals surface area (Å²) in [7, 11) is -4.61. The van der Waals surface area contributed by atoms with E-state index in [0.717, 1.165) is 32.1 Å². The molecule has 1 saturated heterocycles. The molecule has 13 heteroatoms. The van der Waals surface area contributed by atoms with Crippen LogP contribution in [0.25, 0.3) is 0 Å². The second kappa shape index (κ2) is 43.2. The first-order chi connectivity index (χ1) is 32.0. The van der Waals surface area contributed by atoms with Crippen LogP contribution in [-0.4, -0.2) is 96.0 Å². The number of hydrogen-bond donors (Lipinski definition) is 4. The van der Waals surface area contributed by atoms with Crippen LogP contribution in [0.5, 0.6) is 0 Å².